The smallest absolute Gasteiger partial charge is 0.247 e. The van der Waals surface area contributed by atoms with Gasteiger partial charge in [-0.3, -0.25) is 4.57 Å². The van der Waals surface area contributed by atoms with E-state index >= 15 is 0 Å². The summed E-state index contributed by atoms with van der Waals surface area (Å²) >= 11 is 7.59. The summed E-state index contributed by atoms with van der Waals surface area (Å²) in [4.78, 5) is 0. The van der Waals surface area contributed by atoms with Gasteiger partial charge in [-0.05, 0) is 43.3 Å². The second-order valence-electron chi connectivity index (χ2n) is 7.14. The predicted octanol–water partition coefficient (Wildman–Crippen LogP) is 6.24. The van der Waals surface area contributed by atoms with Gasteiger partial charge in [-0.15, -0.1) is 20.4 Å². The Hall–Kier alpha value is -3.42. The highest BCUT2D eigenvalue weighted by molar-refractivity contribution is 7.98. The number of halogens is 1. The van der Waals surface area contributed by atoms with Crippen LogP contribution < -0.4 is 0 Å². The van der Waals surface area contributed by atoms with Crippen molar-refractivity contribution in [1.29, 1.82) is 0 Å². The molecule has 0 saturated heterocycles. The maximum Gasteiger partial charge on any atom is 0.247 e. The van der Waals surface area contributed by atoms with Crippen molar-refractivity contribution in [3.63, 3.8) is 0 Å². The van der Waals surface area contributed by atoms with Crippen LogP contribution in [0.2, 0.25) is 5.02 Å². The average molecular weight is 460 g/mol. The molecule has 0 unspecified atom stereocenters. The fourth-order valence-corrected chi connectivity index (χ4v) is 4.13. The van der Waals surface area contributed by atoms with Gasteiger partial charge in [0.1, 0.15) is 0 Å². The first kappa shape index (κ1) is 20.5. The molecule has 2 aromatic heterocycles. The number of hydrogen-bond acceptors (Lipinski definition) is 6. The summed E-state index contributed by atoms with van der Waals surface area (Å²) < 4.78 is 7.85. The molecule has 0 saturated carbocycles. The Kier molecular flexibility index (Phi) is 5.75. The molecular weight excluding hydrogens is 442 g/mol. The molecule has 0 aliphatic heterocycles. The fourth-order valence-electron chi connectivity index (χ4n) is 3.21. The van der Waals surface area contributed by atoms with Crippen LogP contribution in [0.1, 0.15) is 11.5 Å². The summed E-state index contributed by atoms with van der Waals surface area (Å²) in [7, 11) is 0. The van der Waals surface area contributed by atoms with E-state index in [0.29, 0.717) is 22.6 Å². The van der Waals surface area contributed by atoms with Crippen LogP contribution in [0.4, 0.5) is 0 Å². The fraction of sp³-hybridized carbons (Fsp3) is 0.0833. The number of rotatable bonds is 6. The van der Waals surface area contributed by atoms with E-state index in [9.17, 15) is 0 Å². The lowest BCUT2D eigenvalue weighted by Crippen LogP contribution is -2.00. The van der Waals surface area contributed by atoms with E-state index in [1.807, 2.05) is 71.3 Å². The zero-order chi connectivity index (χ0) is 21.9. The van der Waals surface area contributed by atoms with E-state index in [1.54, 1.807) is 0 Å². The second-order valence-corrected chi connectivity index (χ2v) is 8.52. The van der Waals surface area contributed by atoms with Crippen LogP contribution in [-0.2, 0) is 5.75 Å². The molecule has 0 atom stereocenters. The zero-order valence-corrected chi connectivity index (χ0v) is 18.7. The SMILES string of the molecule is Cc1ccc(-c2nnc(SCc3nnc(-c4ccccc4)o3)n2-c2ccc(Cl)cc2)cc1. The van der Waals surface area contributed by atoms with Gasteiger partial charge >= 0.3 is 0 Å². The molecule has 0 radical (unpaired) electrons. The number of aromatic nitrogens is 5. The van der Waals surface area contributed by atoms with Crippen molar-refractivity contribution in [2.24, 2.45) is 0 Å². The topological polar surface area (TPSA) is 69.6 Å². The van der Waals surface area contributed by atoms with Gasteiger partial charge in [-0.2, -0.15) is 0 Å². The van der Waals surface area contributed by atoms with Gasteiger partial charge in [-0.25, -0.2) is 0 Å². The van der Waals surface area contributed by atoms with E-state index < -0.39 is 0 Å². The molecule has 3 aromatic carbocycles. The maximum absolute atomic E-state index is 6.11. The molecular formula is C24H18ClN5OS. The minimum atomic E-state index is 0.472. The largest absolute Gasteiger partial charge is 0.420 e. The predicted molar refractivity (Wildman–Crippen MR) is 126 cm³/mol. The molecule has 32 heavy (non-hydrogen) atoms. The Labute approximate surface area is 194 Å². The monoisotopic (exact) mass is 459 g/mol. The Morgan fingerprint density at radius 3 is 2.31 bits per heavy atom. The van der Waals surface area contributed by atoms with Gasteiger partial charge in [-0.1, -0.05) is 71.4 Å². The minimum Gasteiger partial charge on any atom is -0.420 e. The molecule has 6 nitrogen and oxygen atoms in total. The highest BCUT2D eigenvalue weighted by atomic mass is 35.5. The number of benzene rings is 3. The average Bonchev–Trinajstić information content (AvgIpc) is 3.47. The third-order valence-corrected chi connectivity index (χ3v) is 6.01. The highest BCUT2D eigenvalue weighted by Crippen LogP contribution is 2.30. The van der Waals surface area contributed by atoms with E-state index in [-0.39, 0.29) is 0 Å². The van der Waals surface area contributed by atoms with E-state index in [1.165, 1.54) is 17.3 Å². The Morgan fingerprint density at radius 2 is 1.56 bits per heavy atom. The first-order valence-corrected chi connectivity index (χ1v) is 11.3. The molecule has 2 heterocycles. The van der Waals surface area contributed by atoms with E-state index in [0.717, 1.165) is 27.8 Å². The number of aryl methyl sites for hydroxylation is 1. The summed E-state index contributed by atoms with van der Waals surface area (Å²) in [5, 5.41) is 18.7. The van der Waals surface area contributed by atoms with Crippen molar-refractivity contribution >= 4 is 23.4 Å². The molecule has 8 heteroatoms. The number of thioether (sulfide) groups is 1. The van der Waals surface area contributed by atoms with Crippen molar-refractivity contribution in [1.82, 2.24) is 25.0 Å². The van der Waals surface area contributed by atoms with Crippen LogP contribution >= 0.6 is 23.4 Å². The Balaban J connectivity index is 1.45. The molecule has 0 aliphatic carbocycles. The number of nitrogens with zero attached hydrogens (tertiary/aromatic N) is 5. The van der Waals surface area contributed by atoms with Crippen molar-refractivity contribution in [2.75, 3.05) is 0 Å². The van der Waals surface area contributed by atoms with Crippen LogP contribution in [0.25, 0.3) is 28.5 Å². The zero-order valence-electron chi connectivity index (χ0n) is 17.1. The summed E-state index contributed by atoms with van der Waals surface area (Å²) in [5.74, 6) is 2.25. The lowest BCUT2D eigenvalue weighted by atomic mass is 10.1. The van der Waals surface area contributed by atoms with Crippen LogP contribution in [0, 0.1) is 6.92 Å². The molecule has 0 amide bonds. The summed E-state index contributed by atoms with van der Waals surface area (Å²) in [5.41, 5.74) is 3.98. The molecule has 0 aliphatic rings. The van der Waals surface area contributed by atoms with Crippen molar-refractivity contribution in [2.45, 2.75) is 17.8 Å². The maximum atomic E-state index is 6.11. The van der Waals surface area contributed by atoms with Crippen LogP contribution in [0.5, 0.6) is 0 Å². The number of hydrogen-bond donors (Lipinski definition) is 0. The van der Waals surface area contributed by atoms with Gasteiger partial charge in [0.2, 0.25) is 11.8 Å². The quantitative estimate of drug-likeness (QED) is 0.280. The van der Waals surface area contributed by atoms with Crippen molar-refractivity contribution in [3.8, 4) is 28.5 Å². The van der Waals surface area contributed by atoms with Gasteiger partial charge in [0, 0.05) is 21.8 Å². The van der Waals surface area contributed by atoms with Crippen LogP contribution in [0.15, 0.2) is 88.4 Å². The Morgan fingerprint density at radius 1 is 0.812 bits per heavy atom. The Bertz CT molecular complexity index is 1330. The molecule has 0 N–H and O–H groups in total. The second kappa shape index (κ2) is 8.98. The van der Waals surface area contributed by atoms with Gasteiger partial charge in [0.15, 0.2) is 11.0 Å². The lowest BCUT2D eigenvalue weighted by Gasteiger charge is -2.10. The summed E-state index contributed by atoms with van der Waals surface area (Å²) in [6.45, 7) is 2.06. The standard InChI is InChI=1S/C24H18ClN5OS/c1-16-7-9-17(10-8-16)22-27-29-24(30(22)20-13-11-19(25)12-14-20)32-15-21-26-28-23(31-21)18-5-3-2-4-6-18/h2-14H,15H2,1H3. The van der Waals surface area contributed by atoms with Crippen molar-refractivity contribution < 1.29 is 4.42 Å². The van der Waals surface area contributed by atoms with Crippen LogP contribution in [0.3, 0.4) is 0 Å². The molecule has 0 fully saturated rings. The highest BCUT2D eigenvalue weighted by Gasteiger charge is 2.18. The summed E-state index contributed by atoms with van der Waals surface area (Å²) in [6.07, 6.45) is 0. The summed E-state index contributed by atoms with van der Waals surface area (Å²) in [6, 6.07) is 25.5. The van der Waals surface area contributed by atoms with Crippen LogP contribution in [-0.4, -0.2) is 25.0 Å². The van der Waals surface area contributed by atoms with Gasteiger partial charge < -0.3 is 4.42 Å². The van der Waals surface area contributed by atoms with E-state index in [2.05, 4.69) is 39.5 Å². The van der Waals surface area contributed by atoms with Crippen molar-refractivity contribution in [3.05, 3.63) is 95.3 Å². The van der Waals surface area contributed by atoms with Gasteiger partial charge in [0.05, 0.1) is 5.75 Å². The van der Waals surface area contributed by atoms with E-state index in [4.69, 9.17) is 16.0 Å². The minimum absolute atomic E-state index is 0.472. The lowest BCUT2D eigenvalue weighted by molar-refractivity contribution is 0.528. The third-order valence-electron chi connectivity index (χ3n) is 4.84. The molecule has 0 bridgehead atoms. The normalized spacial score (nSPS) is 11.1. The molecule has 0 spiro atoms. The molecule has 158 valence electrons. The first-order valence-electron chi connectivity index (χ1n) is 9.96. The third kappa shape index (κ3) is 4.30. The molecule has 5 rings (SSSR count). The molecule has 5 aromatic rings. The van der Waals surface area contributed by atoms with Gasteiger partial charge in [0.25, 0.3) is 0 Å². The first-order chi connectivity index (χ1) is 15.7.